The third-order valence-electron chi connectivity index (χ3n) is 4.03. The Hall–Kier alpha value is -3.30. The van der Waals surface area contributed by atoms with E-state index in [1.807, 2.05) is 13.8 Å². The minimum Gasteiger partial charge on any atom is -0.480 e. The van der Waals surface area contributed by atoms with Gasteiger partial charge in [0.2, 0.25) is 5.91 Å². The Kier molecular flexibility index (Phi) is 10.7. The van der Waals surface area contributed by atoms with Gasteiger partial charge in [-0.1, -0.05) is 26.0 Å². The van der Waals surface area contributed by atoms with Crippen molar-refractivity contribution in [1.29, 1.82) is 0 Å². The number of carbonyl (C=O) groups excluding carboxylic acids is 3. The van der Waals surface area contributed by atoms with Gasteiger partial charge in [0.25, 0.3) is 0 Å². The third-order valence-corrected chi connectivity index (χ3v) is 4.03. The molecule has 0 bridgehead atoms. The van der Waals surface area contributed by atoms with Gasteiger partial charge >= 0.3 is 18.1 Å². The molecule has 0 radical (unpaired) electrons. The highest BCUT2D eigenvalue weighted by Gasteiger charge is 2.21. The van der Waals surface area contributed by atoms with E-state index in [1.165, 1.54) is 0 Å². The molecule has 1 atom stereocenters. The van der Waals surface area contributed by atoms with Crippen molar-refractivity contribution in [3.8, 4) is 0 Å². The average Bonchev–Trinajstić information content (AvgIpc) is 2.66. The monoisotopic (exact) mass is 422 g/mol. The van der Waals surface area contributed by atoms with E-state index in [9.17, 15) is 19.2 Å². The maximum absolute atomic E-state index is 11.9. The second-order valence-corrected chi connectivity index (χ2v) is 7.23. The molecule has 0 aliphatic rings. The quantitative estimate of drug-likeness (QED) is 0.325. The average molecular weight is 422 g/mol. The van der Waals surface area contributed by atoms with Crippen molar-refractivity contribution in [3.05, 3.63) is 29.8 Å². The van der Waals surface area contributed by atoms with Crippen LogP contribution in [0, 0.1) is 5.92 Å². The normalized spacial score (nSPS) is 11.4. The number of nitrogens with one attached hydrogen (secondary N) is 3. The number of primary amides is 1. The topological polar surface area (TPSA) is 160 Å². The molecular weight excluding hydrogens is 392 g/mol. The highest BCUT2D eigenvalue weighted by Crippen LogP contribution is 2.12. The van der Waals surface area contributed by atoms with Crippen molar-refractivity contribution in [1.82, 2.24) is 10.6 Å². The van der Waals surface area contributed by atoms with E-state index in [1.54, 1.807) is 24.3 Å². The van der Waals surface area contributed by atoms with Crippen molar-refractivity contribution in [2.45, 2.75) is 52.2 Å². The second kappa shape index (κ2) is 13.0. The molecule has 0 saturated carbocycles. The summed E-state index contributed by atoms with van der Waals surface area (Å²) >= 11 is 0. The Balaban J connectivity index is 2.36. The van der Waals surface area contributed by atoms with Crippen LogP contribution in [0.15, 0.2) is 24.3 Å². The number of rotatable bonds is 12. The summed E-state index contributed by atoms with van der Waals surface area (Å²) in [6, 6.07) is 5.18. The first-order valence-electron chi connectivity index (χ1n) is 9.75. The molecule has 1 rings (SSSR count). The fourth-order valence-corrected chi connectivity index (χ4v) is 2.56. The zero-order chi connectivity index (χ0) is 22.5. The summed E-state index contributed by atoms with van der Waals surface area (Å²) in [5.41, 5.74) is 6.25. The summed E-state index contributed by atoms with van der Waals surface area (Å²) in [7, 11) is 0. The lowest BCUT2D eigenvalue weighted by Gasteiger charge is -2.16. The van der Waals surface area contributed by atoms with Crippen LogP contribution in [-0.2, 0) is 20.9 Å². The van der Waals surface area contributed by atoms with Gasteiger partial charge in [0.15, 0.2) is 0 Å². The number of amides is 4. The van der Waals surface area contributed by atoms with Gasteiger partial charge in [-0.05, 0) is 42.9 Å². The largest absolute Gasteiger partial charge is 0.480 e. The number of unbranched alkanes of at least 4 members (excludes halogenated alkanes) is 1. The predicted molar refractivity (Wildman–Crippen MR) is 111 cm³/mol. The van der Waals surface area contributed by atoms with Crippen molar-refractivity contribution in [2.24, 2.45) is 11.7 Å². The molecule has 0 aromatic heterocycles. The van der Waals surface area contributed by atoms with Crippen LogP contribution in [0.4, 0.5) is 15.3 Å². The van der Waals surface area contributed by atoms with Crippen LogP contribution in [0.5, 0.6) is 0 Å². The van der Waals surface area contributed by atoms with Gasteiger partial charge in [-0.2, -0.15) is 0 Å². The molecule has 6 N–H and O–H groups in total. The molecule has 1 unspecified atom stereocenters. The number of nitrogens with two attached hydrogens (primary N) is 1. The van der Waals surface area contributed by atoms with E-state index < -0.39 is 24.1 Å². The molecule has 1 aromatic carbocycles. The van der Waals surface area contributed by atoms with Crippen molar-refractivity contribution < 1.29 is 29.0 Å². The Labute approximate surface area is 175 Å². The molecule has 0 heterocycles. The Bertz CT molecular complexity index is 721. The number of urea groups is 1. The highest BCUT2D eigenvalue weighted by atomic mass is 16.5. The van der Waals surface area contributed by atoms with Crippen LogP contribution < -0.4 is 21.7 Å². The number of ether oxygens (including phenoxy) is 1. The summed E-state index contributed by atoms with van der Waals surface area (Å²) in [6.07, 6.45) is 1.08. The number of hydrogen-bond acceptors (Lipinski definition) is 5. The molecule has 0 saturated heterocycles. The summed E-state index contributed by atoms with van der Waals surface area (Å²) in [6.45, 7) is 4.13. The first kappa shape index (κ1) is 24.7. The number of alkyl carbamates (subject to hydrolysis) is 1. The number of aliphatic carboxylic acids is 1. The number of benzene rings is 1. The molecule has 0 aliphatic carbocycles. The van der Waals surface area contributed by atoms with Crippen LogP contribution in [0.25, 0.3) is 0 Å². The van der Waals surface area contributed by atoms with Gasteiger partial charge in [-0.15, -0.1) is 0 Å². The minimum atomic E-state index is -1.11. The molecule has 4 amide bonds. The lowest BCUT2D eigenvalue weighted by molar-refractivity contribution is -0.139. The van der Waals surface area contributed by atoms with Crippen LogP contribution >= 0.6 is 0 Å². The van der Waals surface area contributed by atoms with Crippen molar-refractivity contribution in [2.75, 3.05) is 11.9 Å². The van der Waals surface area contributed by atoms with Gasteiger partial charge in [-0.3, -0.25) is 4.79 Å². The minimum absolute atomic E-state index is 0.0268. The van der Waals surface area contributed by atoms with Gasteiger partial charge in [0.1, 0.15) is 12.6 Å². The summed E-state index contributed by atoms with van der Waals surface area (Å²) in [4.78, 5) is 45.4. The third kappa shape index (κ3) is 10.9. The van der Waals surface area contributed by atoms with E-state index in [0.717, 1.165) is 0 Å². The van der Waals surface area contributed by atoms with Gasteiger partial charge in [0, 0.05) is 18.7 Å². The second-order valence-electron chi connectivity index (χ2n) is 7.23. The molecule has 1 aromatic rings. The first-order valence-corrected chi connectivity index (χ1v) is 9.75. The summed E-state index contributed by atoms with van der Waals surface area (Å²) < 4.78 is 5.06. The predicted octanol–water partition coefficient (Wildman–Crippen LogP) is 2.19. The summed E-state index contributed by atoms with van der Waals surface area (Å²) in [5, 5.41) is 16.7. The van der Waals surface area contributed by atoms with Gasteiger partial charge < -0.3 is 31.5 Å². The Morgan fingerprint density at radius 2 is 1.77 bits per heavy atom. The number of carbonyl (C=O) groups is 4. The molecule has 0 fully saturated rings. The fraction of sp³-hybridized carbons (Fsp3) is 0.500. The molecule has 0 spiro atoms. The zero-order valence-electron chi connectivity index (χ0n) is 17.3. The molecular formula is C20H30N4O6. The van der Waals surface area contributed by atoms with Crippen molar-refractivity contribution >= 4 is 29.7 Å². The number of carboxylic acids is 1. The van der Waals surface area contributed by atoms with E-state index in [2.05, 4.69) is 16.0 Å². The van der Waals surface area contributed by atoms with Crippen LogP contribution in [0.3, 0.4) is 0 Å². The maximum Gasteiger partial charge on any atom is 0.408 e. The molecule has 30 heavy (non-hydrogen) atoms. The van der Waals surface area contributed by atoms with E-state index >= 15 is 0 Å². The van der Waals surface area contributed by atoms with Crippen LogP contribution in [-0.4, -0.2) is 41.7 Å². The molecule has 0 aliphatic heterocycles. The number of carboxylic acid groups (broad SMARTS) is 1. The lowest BCUT2D eigenvalue weighted by atomic mass is 10.0. The standard InChI is InChI=1S/C20H30N4O6/c1-13(2)11-16(18(26)27)24-20(29)30-12-14-6-8-15(9-7-14)23-17(25)5-3-4-10-22-19(21)28/h6-9,13,16H,3-5,10-12H2,1-2H3,(H,23,25)(H,24,29)(H,26,27)(H3,21,22,28). The Morgan fingerprint density at radius 3 is 2.33 bits per heavy atom. The summed E-state index contributed by atoms with van der Waals surface area (Å²) in [5.74, 6) is -1.15. The lowest BCUT2D eigenvalue weighted by Crippen LogP contribution is -2.41. The highest BCUT2D eigenvalue weighted by molar-refractivity contribution is 5.90. The fourth-order valence-electron chi connectivity index (χ4n) is 2.56. The zero-order valence-corrected chi connectivity index (χ0v) is 17.3. The van der Waals surface area contributed by atoms with Gasteiger partial charge in [0.05, 0.1) is 0 Å². The molecule has 10 nitrogen and oxygen atoms in total. The van der Waals surface area contributed by atoms with Gasteiger partial charge in [-0.25, -0.2) is 14.4 Å². The molecule has 10 heteroatoms. The van der Waals surface area contributed by atoms with Crippen LogP contribution in [0.1, 0.15) is 45.1 Å². The van der Waals surface area contributed by atoms with E-state index in [-0.39, 0.29) is 18.4 Å². The van der Waals surface area contributed by atoms with E-state index in [0.29, 0.717) is 43.5 Å². The first-order chi connectivity index (χ1) is 14.2. The van der Waals surface area contributed by atoms with Crippen LogP contribution in [0.2, 0.25) is 0 Å². The maximum atomic E-state index is 11.9. The number of anilines is 1. The van der Waals surface area contributed by atoms with Crippen molar-refractivity contribution in [3.63, 3.8) is 0 Å². The SMILES string of the molecule is CC(C)CC(NC(=O)OCc1ccc(NC(=O)CCCCNC(N)=O)cc1)C(=O)O. The molecule has 166 valence electrons. The van der Waals surface area contributed by atoms with E-state index in [4.69, 9.17) is 15.6 Å². The Morgan fingerprint density at radius 1 is 1.10 bits per heavy atom. The number of hydrogen-bond donors (Lipinski definition) is 5. The smallest absolute Gasteiger partial charge is 0.408 e.